The van der Waals surface area contributed by atoms with Crippen LogP contribution >= 0.6 is 11.6 Å². The molecule has 5 nitrogen and oxygen atoms in total. The Morgan fingerprint density at radius 2 is 2.06 bits per heavy atom. The highest BCUT2D eigenvalue weighted by Crippen LogP contribution is 2.32. The van der Waals surface area contributed by atoms with Gasteiger partial charge in [0.2, 0.25) is 0 Å². The van der Waals surface area contributed by atoms with Crippen molar-refractivity contribution < 1.29 is 4.74 Å². The molecule has 6 heteroatoms. The molecule has 0 amide bonds. The van der Waals surface area contributed by atoms with E-state index in [0.29, 0.717) is 10.8 Å². The summed E-state index contributed by atoms with van der Waals surface area (Å²) in [4.78, 5) is 4.26. The maximum absolute atomic E-state index is 6.11. The number of fused-ring (bicyclic) bond motifs is 1. The summed E-state index contributed by atoms with van der Waals surface area (Å²) in [5, 5.41) is 8.76. The lowest BCUT2D eigenvalue weighted by Crippen LogP contribution is -2.08. The van der Waals surface area contributed by atoms with Crippen LogP contribution in [-0.2, 0) is 4.74 Å². The van der Waals surface area contributed by atoms with E-state index in [1.807, 2.05) is 18.2 Å². The summed E-state index contributed by atoms with van der Waals surface area (Å²) < 4.78 is 7.83. The summed E-state index contributed by atoms with van der Waals surface area (Å²) in [6.07, 6.45) is 2.31. The van der Waals surface area contributed by atoms with Gasteiger partial charge in [-0.2, -0.15) is 0 Å². The van der Waals surface area contributed by atoms with Crippen LogP contribution in [0.4, 0.5) is 0 Å². The van der Waals surface area contributed by atoms with Crippen molar-refractivity contribution in [3.8, 4) is 0 Å². The zero-order valence-electron chi connectivity index (χ0n) is 10.6. The van der Waals surface area contributed by atoms with Crippen LogP contribution in [0.5, 0.6) is 0 Å². The van der Waals surface area contributed by atoms with E-state index >= 15 is 0 Å². The molecule has 3 rings (SSSR count). The molecule has 0 aliphatic carbocycles. The molecule has 1 aliphatic rings. The fraction of sp³-hybridized carbons (Fsp3) is 0.583. The average molecular weight is 267 g/mol. The molecule has 2 unspecified atom stereocenters. The predicted octanol–water partition coefficient (Wildman–Crippen LogP) is 2.63. The first-order valence-corrected chi connectivity index (χ1v) is 6.49. The van der Waals surface area contributed by atoms with Crippen molar-refractivity contribution >= 4 is 17.2 Å². The standard InChI is InChI=1S/C12H15ClN4O/c1-6-4-5-9(18-6)11-15-16-12-10(13)14-7(2)8(3)17(11)12/h6,9H,4-5H2,1-3H3. The molecule has 1 fully saturated rings. The van der Waals surface area contributed by atoms with E-state index in [4.69, 9.17) is 16.3 Å². The first-order chi connectivity index (χ1) is 8.58. The Hall–Kier alpha value is -1.20. The predicted molar refractivity (Wildman–Crippen MR) is 67.8 cm³/mol. The molecule has 1 aliphatic heterocycles. The Morgan fingerprint density at radius 3 is 2.72 bits per heavy atom. The molecule has 0 radical (unpaired) electrons. The van der Waals surface area contributed by atoms with Crippen molar-refractivity contribution in [1.29, 1.82) is 0 Å². The number of hydrogen-bond acceptors (Lipinski definition) is 4. The van der Waals surface area contributed by atoms with Crippen LogP contribution in [0.2, 0.25) is 5.15 Å². The van der Waals surface area contributed by atoms with Gasteiger partial charge in [-0.1, -0.05) is 11.6 Å². The third-order valence-electron chi connectivity index (χ3n) is 3.52. The van der Waals surface area contributed by atoms with Crippen LogP contribution in [-0.4, -0.2) is 25.7 Å². The van der Waals surface area contributed by atoms with Gasteiger partial charge in [0.1, 0.15) is 6.10 Å². The molecule has 2 atom stereocenters. The Bertz CT molecular complexity index is 610. The second-order valence-electron chi connectivity index (χ2n) is 4.80. The van der Waals surface area contributed by atoms with Gasteiger partial charge in [-0.15, -0.1) is 10.2 Å². The summed E-state index contributed by atoms with van der Waals surface area (Å²) in [5.41, 5.74) is 2.51. The minimum atomic E-state index is 0.00608. The topological polar surface area (TPSA) is 52.3 Å². The van der Waals surface area contributed by atoms with E-state index in [9.17, 15) is 0 Å². The number of ether oxygens (including phenoxy) is 1. The maximum Gasteiger partial charge on any atom is 0.198 e. The van der Waals surface area contributed by atoms with E-state index in [1.54, 1.807) is 0 Å². The van der Waals surface area contributed by atoms with E-state index in [0.717, 1.165) is 30.1 Å². The second-order valence-corrected chi connectivity index (χ2v) is 5.16. The summed E-state index contributed by atoms with van der Waals surface area (Å²) in [6.45, 7) is 6.01. The quantitative estimate of drug-likeness (QED) is 0.796. The molecule has 2 aromatic rings. The van der Waals surface area contributed by atoms with E-state index < -0.39 is 0 Å². The number of halogens is 1. The molecule has 0 bridgehead atoms. The van der Waals surface area contributed by atoms with Crippen molar-refractivity contribution in [2.75, 3.05) is 0 Å². The average Bonchev–Trinajstić information content (AvgIpc) is 2.91. The molecule has 0 aromatic carbocycles. The Kier molecular flexibility index (Phi) is 2.75. The maximum atomic E-state index is 6.11. The van der Waals surface area contributed by atoms with Crippen molar-refractivity contribution in [3.63, 3.8) is 0 Å². The number of aromatic nitrogens is 4. The van der Waals surface area contributed by atoms with Gasteiger partial charge in [-0.05, 0) is 33.6 Å². The van der Waals surface area contributed by atoms with Crippen LogP contribution in [0.3, 0.4) is 0 Å². The molecule has 2 aromatic heterocycles. The van der Waals surface area contributed by atoms with Crippen molar-refractivity contribution in [2.45, 2.75) is 45.8 Å². The minimum Gasteiger partial charge on any atom is -0.367 e. The van der Waals surface area contributed by atoms with Crippen LogP contribution < -0.4 is 0 Å². The lowest BCUT2D eigenvalue weighted by atomic mass is 10.2. The summed E-state index contributed by atoms with van der Waals surface area (Å²) in [5.74, 6) is 0.833. The third-order valence-corrected chi connectivity index (χ3v) is 3.77. The van der Waals surface area contributed by atoms with E-state index in [2.05, 4.69) is 22.1 Å². The zero-order valence-corrected chi connectivity index (χ0v) is 11.4. The van der Waals surface area contributed by atoms with E-state index in [-0.39, 0.29) is 12.2 Å². The molecule has 96 valence electrons. The first kappa shape index (κ1) is 11.9. The fourth-order valence-corrected chi connectivity index (χ4v) is 2.65. The minimum absolute atomic E-state index is 0.00608. The van der Waals surface area contributed by atoms with Gasteiger partial charge in [-0.25, -0.2) is 4.98 Å². The lowest BCUT2D eigenvalue weighted by Gasteiger charge is -2.12. The molecular weight excluding hydrogens is 252 g/mol. The zero-order chi connectivity index (χ0) is 12.9. The monoisotopic (exact) mass is 266 g/mol. The highest BCUT2D eigenvalue weighted by molar-refractivity contribution is 6.32. The molecular formula is C12H15ClN4O. The number of hydrogen-bond donors (Lipinski definition) is 0. The number of rotatable bonds is 1. The summed E-state index contributed by atoms with van der Waals surface area (Å²) in [7, 11) is 0. The van der Waals surface area contributed by atoms with Gasteiger partial charge < -0.3 is 4.74 Å². The summed E-state index contributed by atoms with van der Waals surface area (Å²) in [6, 6.07) is 0. The van der Waals surface area contributed by atoms with E-state index in [1.165, 1.54) is 0 Å². The largest absolute Gasteiger partial charge is 0.367 e. The lowest BCUT2D eigenvalue weighted by molar-refractivity contribution is 0.0496. The van der Waals surface area contributed by atoms with Crippen molar-refractivity contribution in [3.05, 3.63) is 22.4 Å². The van der Waals surface area contributed by atoms with Crippen molar-refractivity contribution in [1.82, 2.24) is 19.6 Å². The van der Waals surface area contributed by atoms with Crippen LogP contribution in [0.25, 0.3) is 5.65 Å². The fourth-order valence-electron chi connectivity index (χ4n) is 2.40. The molecule has 1 saturated heterocycles. The summed E-state index contributed by atoms with van der Waals surface area (Å²) >= 11 is 6.11. The molecule has 3 heterocycles. The first-order valence-electron chi connectivity index (χ1n) is 6.11. The molecule has 0 N–H and O–H groups in total. The molecule has 18 heavy (non-hydrogen) atoms. The van der Waals surface area contributed by atoms with Gasteiger partial charge in [0, 0.05) is 5.69 Å². The van der Waals surface area contributed by atoms with Gasteiger partial charge in [0.05, 0.1) is 11.8 Å². The van der Waals surface area contributed by atoms with Crippen LogP contribution in [0, 0.1) is 13.8 Å². The van der Waals surface area contributed by atoms with Gasteiger partial charge in [0.25, 0.3) is 0 Å². The SMILES string of the molecule is Cc1nc(Cl)c2nnc(C3CCC(C)O3)n2c1C. The van der Waals surface area contributed by atoms with Gasteiger partial charge in [0.15, 0.2) is 16.6 Å². The Labute approximate surface area is 110 Å². The highest BCUT2D eigenvalue weighted by Gasteiger charge is 2.28. The van der Waals surface area contributed by atoms with Gasteiger partial charge in [-0.3, -0.25) is 4.40 Å². The van der Waals surface area contributed by atoms with Crippen molar-refractivity contribution in [2.24, 2.45) is 0 Å². The highest BCUT2D eigenvalue weighted by atomic mass is 35.5. The second kappa shape index (κ2) is 4.17. The third kappa shape index (κ3) is 1.69. The number of aryl methyl sites for hydroxylation is 2. The van der Waals surface area contributed by atoms with Gasteiger partial charge >= 0.3 is 0 Å². The molecule has 0 spiro atoms. The normalized spacial score (nSPS) is 24.0. The molecule has 0 saturated carbocycles. The van der Waals surface area contributed by atoms with Crippen LogP contribution in [0.1, 0.15) is 43.1 Å². The Balaban J connectivity index is 2.19. The van der Waals surface area contributed by atoms with Crippen LogP contribution in [0.15, 0.2) is 0 Å². The smallest absolute Gasteiger partial charge is 0.198 e. The Morgan fingerprint density at radius 1 is 1.28 bits per heavy atom. The number of nitrogens with zero attached hydrogens (tertiary/aromatic N) is 4.